The number of nitrogens with zero attached hydrogens (tertiary/aromatic N) is 1. The molecule has 5 nitrogen and oxygen atoms in total. The minimum Gasteiger partial charge on any atom is -0.484 e. The van der Waals surface area contributed by atoms with E-state index in [1.54, 1.807) is 37.4 Å². The second-order valence-electron chi connectivity index (χ2n) is 5.59. The van der Waals surface area contributed by atoms with Crippen LogP contribution in [0.1, 0.15) is 12.5 Å². The first kappa shape index (κ1) is 18.8. The van der Waals surface area contributed by atoms with Crippen molar-refractivity contribution in [2.75, 3.05) is 25.5 Å². The zero-order valence-corrected chi connectivity index (χ0v) is 15.0. The highest BCUT2D eigenvalue weighted by atomic mass is 35.5. The van der Waals surface area contributed by atoms with Crippen LogP contribution in [0.5, 0.6) is 5.75 Å². The zero-order valence-electron chi connectivity index (χ0n) is 14.3. The molecule has 0 aliphatic heterocycles. The highest BCUT2D eigenvalue weighted by molar-refractivity contribution is 6.30. The summed E-state index contributed by atoms with van der Waals surface area (Å²) >= 11 is 5.80. The lowest BCUT2D eigenvalue weighted by Crippen LogP contribution is -2.37. The third-order valence-corrected chi connectivity index (χ3v) is 3.86. The molecule has 0 unspecified atom stereocenters. The van der Waals surface area contributed by atoms with Crippen molar-refractivity contribution in [3.63, 3.8) is 0 Å². The number of ether oxygens (including phenoxy) is 1. The van der Waals surface area contributed by atoms with Crippen LogP contribution in [0.15, 0.2) is 48.5 Å². The molecule has 0 fully saturated rings. The van der Waals surface area contributed by atoms with Crippen molar-refractivity contribution in [3.05, 3.63) is 59.1 Å². The number of carbonyl (C=O) groups excluding carboxylic acids is 2. The van der Waals surface area contributed by atoms with Crippen LogP contribution < -0.4 is 10.1 Å². The zero-order chi connectivity index (χ0) is 18.2. The largest absolute Gasteiger partial charge is 0.484 e. The number of halogens is 1. The van der Waals surface area contributed by atoms with Gasteiger partial charge in [-0.25, -0.2) is 0 Å². The van der Waals surface area contributed by atoms with Gasteiger partial charge in [-0.3, -0.25) is 9.59 Å². The van der Waals surface area contributed by atoms with Gasteiger partial charge in [-0.15, -0.1) is 0 Å². The maximum Gasteiger partial charge on any atom is 0.260 e. The minimum absolute atomic E-state index is 0.0557. The average molecular weight is 361 g/mol. The van der Waals surface area contributed by atoms with Crippen molar-refractivity contribution in [2.45, 2.75) is 13.3 Å². The molecule has 0 aliphatic rings. The molecule has 0 saturated heterocycles. The third kappa shape index (κ3) is 6.12. The van der Waals surface area contributed by atoms with Crippen LogP contribution in [-0.4, -0.2) is 36.9 Å². The number of aryl methyl sites for hydroxylation is 1. The molecule has 2 aromatic rings. The fourth-order valence-electron chi connectivity index (χ4n) is 2.15. The summed E-state index contributed by atoms with van der Waals surface area (Å²) in [7, 11) is 1.57. The number of amides is 2. The van der Waals surface area contributed by atoms with Crippen LogP contribution in [0, 0.1) is 0 Å². The Morgan fingerprint density at radius 3 is 2.56 bits per heavy atom. The summed E-state index contributed by atoms with van der Waals surface area (Å²) in [6.07, 6.45) is 0.899. The first-order valence-electron chi connectivity index (χ1n) is 7.99. The Labute approximate surface area is 152 Å². The van der Waals surface area contributed by atoms with E-state index in [9.17, 15) is 9.59 Å². The van der Waals surface area contributed by atoms with Gasteiger partial charge in [-0.2, -0.15) is 0 Å². The first-order valence-corrected chi connectivity index (χ1v) is 8.37. The van der Waals surface area contributed by atoms with E-state index in [2.05, 4.69) is 12.2 Å². The summed E-state index contributed by atoms with van der Waals surface area (Å²) in [5.41, 5.74) is 1.77. The number of nitrogens with one attached hydrogen (secondary N) is 1. The van der Waals surface area contributed by atoms with Crippen molar-refractivity contribution < 1.29 is 14.3 Å². The van der Waals surface area contributed by atoms with Gasteiger partial charge in [-0.05, 0) is 48.4 Å². The Morgan fingerprint density at radius 2 is 1.88 bits per heavy atom. The van der Waals surface area contributed by atoms with Gasteiger partial charge in [0.2, 0.25) is 5.91 Å². The number of anilines is 1. The summed E-state index contributed by atoms with van der Waals surface area (Å²) in [6.45, 7) is 1.88. The molecule has 1 N–H and O–H groups in total. The maximum absolute atomic E-state index is 12.1. The molecule has 0 aromatic heterocycles. The standard InChI is InChI=1S/C19H21ClN2O3/c1-3-14-5-4-6-17(11-14)25-13-19(24)22(2)12-18(23)21-16-9-7-15(20)8-10-16/h4-11H,3,12-13H2,1-2H3,(H,21,23). The van der Waals surface area contributed by atoms with Crippen molar-refractivity contribution >= 4 is 29.1 Å². The topological polar surface area (TPSA) is 58.6 Å². The predicted octanol–water partition coefficient (Wildman–Crippen LogP) is 3.38. The minimum atomic E-state index is -0.286. The van der Waals surface area contributed by atoms with E-state index in [0.717, 1.165) is 12.0 Å². The Hall–Kier alpha value is -2.53. The number of carbonyl (C=O) groups is 2. The molecule has 2 rings (SSSR count). The Balaban J connectivity index is 1.80. The van der Waals surface area contributed by atoms with E-state index < -0.39 is 0 Å². The second kappa shape index (κ2) is 9.08. The van der Waals surface area contributed by atoms with Crippen LogP contribution in [0.3, 0.4) is 0 Å². The normalized spacial score (nSPS) is 10.2. The fraction of sp³-hybridized carbons (Fsp3) is 0.263. The van der Waals surface area contributed by atoms with Crippen molar-refractivity contribution in [1.82, 2.24) is 4.90 Å². The lowest BCUT2D eigenvalue weighted by atomic mass is 10.2. The summed E-state index contributed by atoms with van der Waals surface area (Å²) in [4.78, 5) is 25.4. The average Bonchev–Trinajstić information content (AvgIpc) is 2.61. The summed E-state index contributed by atoms with van der Waals surface area (Å²) < 4.78 is 5.51. The number of benzene rings is 2. The molecule has 2 amide bonds. The van der Waals surface area contributed by atoms with E-state index >= 15 is 0 Å². The smallest absolute Gasteiger partial charge is 0.260 e. The number of rotatable bonds is 7. The molecule has 0 aliphatic carbocycles. The van der Waals surface area contributed by atoms with Crippen LogP contribution in [-0.2, 0) is 16.0 Å². The Morgan fingerprint density at radius 1 is 1.16 bits per heavy atom. The SMILES string of the molecule is CCc1cccc(OCC(=O)N(C)CC(=O)Nc2ccc(Cl)cc2)c1. The molecule has 6 heteroatoms. The van der Waals surface area contributed by atoms with Crippen LogP contribution in [0.2, 0.25) is 5.02 Å². The number of hydrogen-bond acceptors (Lipinski definition) is 3. The molecule has 0 radical (unpaired) electrons. The number of likely N-dealkylation sites (N-methyl/N-ethyl adjacent to an activating group) is 1. The van der Waals surface area contributed by atoms with Gasteiger partial charge in [0.15, 0.2) is 6.61 Å². The fourth-order valence-corrected chi connectivity index (χ4v) is 2.27. The molecule has 0 bridgehead atoms. The highest BCUT2D eigenvalue weighted by Gasteiger charge is 2.14. The molecular weight excluding hydrogens is 340 g/mol. The van der Waals surface area contributed by atoms with Gasteiger partial charge in [0.05, 0.1) is 6.54 Å². The van der Waals surface area contributed by atoms with Crippen LogP contribution >= 0.6 is 11.6 Å². The lowest BCUT2D eigenvalue weighted by Gasteiger charge is -2.17. The predicted molar refractivity (Wildman–Crippen MR) is 99.0 cm³/mol. The molecule has 0 spiro atoms. The lowest BCUT2D eigenvalue weighted by molar-refractivity contribution is -0.135. The Kier molecular flexibility index (Phi) is 6.83. The van der Waals surface area contributed by atoms with E-state index in [0.29, 0.717) is 16.5 Å². The van der Waals surface area contributed by atoms with E-state index in [1.165, 1.54) is 4.90 Å². The van der Waals surface area contributed by atoms with Gasteiger partial charge < -0.3 is 15.0 Å². The van der Waals surface area contributed by atoms with Crippen molar-refractivity contribution in [1.29, 1.82) is 0 Å². The third-order valence-electron chi connectivity index (χ3n) is 3.60. The van der Waals surface area contributed by atoms with Crippen LogP contribution in [0.25, 0.3) is 0 Å². The van der Waals surface area contributed by atoms with Crippen molar-refractivity contribution in [3.8, 4) is 5.75 Å². The van der Waals surface area contributed by atoms with Crippen molar-refractivity contribution in [2.24, 2.45) is 0 Å². The summed E-state index contributed by atoms with van der Waals surface area (Å²) in [6, 6.07) is 14.4. The number of hydrogen-bond donors (Lipinski definition) is 1. The molecule has 0 saturated carbocycles. The summed E-state index contributed by atoms with van der Waals surface area (Å²) in [5, 5.41) is 3.30. The monoisotopic (exact) mass is 360 g/mol. The van der Waals surface area contributed by atoms with E-state index in [1.807, 2.05) is 18.2 Å². The van der Waals surface area contributed by atoms with Gasteiger partial charge >= 0.3 is 0 Å². The molecular formula is C19H21ClN2O3. The van der Waals surface area contributed by atoms with Gasteiger partial charge in [0, 0.05) is 17.8 Å². The molecule has 0 atom stereocenters. The highest BCUT2D eigenvalue weighted by Crippen LogP contribution is 2.14. The molecule has 0 heterocycles. The van der Waals surface area contributed by atoms with Crippen LogP contribution in [0.4, 0.5) is 5.69 Å². The Bertz CT molecular complexity index is 732. The first-order chi connectivity index (χ1) is 12.0. The second-order valence-corrected chi connectivity index (χ2v) is 6.03. The van der Waals surface area contributed by atoms with Gasteiger partial charge in [0.1, 0.15) is 5.75 Å². The molecule has 2 aromatic carbocycles. The summed E-state index contributed by atoms with van der Waals surface area (Å²) in [5.74, 6) is 0.0889. The molecule has 25 heavy (non-hydrogen) atoms. The van der Waals surface area contributed by atoms with E-state index in [4.69, 9.17) is 16.3 Å². The van der Waals surface area contributed by atoms with Gasteiger partial charge in [0.25, 0.3) is 5.91 Å². The quantitative estimate of drug-likeness (QED) is 0.823. The molecule has 132 valence electrons. The van der Waals surface area contributed by atoms with Gasteiger partial charge in [-0.1, -0.05) is 30.7 Å². The van der Waals surface area contributed by atoms with E-state index in [-0.39, 0.29) is 25.0 Å². The maximum atomic E-state index is 12.1.